The highest BCUT2D eigenvalue weighted by Crippen LogP contribution is 2.35. The van der Waals surface area contributed by atoms with Crippen LogP contribution < -0.4 is 10.6 Å². The number of nitrogens with zero attached hydrogens (tertiary/aromatic N) is 3. The maximum atomic E-state index is 11.8. The highest BCUT2D eigenvalue weighted by Gasteiger charge is 2.26. The van der Waals surface area contributed by atoms with Crippen molar-refractivity contribution in [2.75, 3.05) is 24.7 Å². The lowest BCUT2D eigenvalue weighted by molar-refractivity contribution is -0.109. The van der Waals surface area contributed by atoms with Crippen molar-refractivity contribution in [2.24, 2.45) is 0 Å². The molecule has 2 aliphatic heterocycles. The molecular weight excluding hydrogens is 474 g/mol. The summed E-state index contributed by atoms with van der Waals surface area (Å²) in [6.45, 7) is 3.04. The fraction of sp³-hybridized carbons (Fsp3) is 0.296. The lowest BCUT2D eigenvalue weighted by Gasteiger charge is -2.30. The van der Waals surface area contributed by atoms with E-state index < -0.39 is 16.1 Å². The lowest BCUT2D eigenvalue weighted by Crippen LogP contribution is -2.37. The molecule has 1 fully saturated rings. The Bertz CT molecular complexity index is 1410. The molecule has 1 atom stereocenters. The molecule has 9 heteroatoms. The maximum absolute atomic E-state index is 11.8. The van der Waals surface area contributed by atoms with Crippen LogP contribution in [0.3, 0.4) is 0 Å². The molecule has 2 aliphatic rings. The number of carbonyl (C=O) groups excluding carboxylic acids is 1. The first kappa shape index (κ1) is 24.1. The molecular formula is C27H29N5O3S. The van der Waals surface area contributed by atoms with Gasteiger partial charge in [0.25, 0.3) is 0 Å². The summed E-state index contributed by atoms with van der Waals surface area (Å²) in [4.78, 5) is 21.3. The van der Waals surface area contributed by atoms with E-state index in [2.05, 4.69) is 27.8 Å². The first-order valence-corrected chi connectivity index (χ1v) is 13.9. The summed E-state index contributed by atoms with van der Waals surface area (Å²) >= 11 is 0. The number of rotatable bonds is 6. The van der Waals surface area contributed by atoms with Gasteiger partial charge in [0.05, 0.1) is 17.6 Å². The average Bonchev–Trinajstić information content (AvgIpc) is 2.88. The Kier molecular flexibility index (Phi) is 6.59. The molecule has 0 amide bonds. The van der Waals surface area contributed by atoms with Crippen molar-refractivity contribution in [3.05, 3.63) is 77.1 Å². The molecule has 0 saturated carbocycles. The monoisotopic (exact) mass is 503 g/mol. The number of hydrogen-bond donors (Lipinski definition) is 2. The third-order valence-electron chi connectivity index (χ3n) is 6.79. The summed E-state index contributed by atoms with van der Waals surface area (Å²) in [5, 5.41) is 6.51. The normalized spacial score (nSPS) is 18.3. The molecule has 1 aromatic carbocycles. The fourth-order valence-electron chi connectivity index (χ4n) is 4.88. The zero-order chi connectivity index (χ0) is 25.3. The van der Waals surface area contributed by atoms with Crippen LogP contribution in [0.15, 0.2) is 54.7 Å². The SMILES string of the molecule is Cc1cccc(-c2cc3c(c(Nc4ccc(C5CCN(S(C)(=O)=O)CC5)cc4)n2)C(C=O)NC=C3)n1. The Morgan fingerprint density at radius 1 is 1.06 bits per heavy atom. The second kappa shape index (κ2) is 9.83. The number of anilines is 2. The third kappa shape index (κ3) is 5.03. The van der Waals surface area contributed by atoms with Crippen molar-refractivity contribution in [3.63, 3.8) is 0 Å². The Labute approximate surface area is 211 Å². The van der Waals surface area contributed by atoms with Crippen LogP contribution in [0.2, 0.25) is 0 Å². The van der Waals surface area contributed by atoms with Crippen LogP contribution in [0.1, 0.15) is 47.2 Å². The number of aryl methyl sites for hydroxylation is 1. The molecule has 3 aromatic rings. The van der Waals surface area contributed by atoms with E-state index in [1.807, 2.05) is 49.4 Å². The van der Waals surface area contributed by atoms with Crippen LogP contribution in [-0.2, 0) is 14.8 Å². The molecule has 0 aliphatic carbocycles. The minimum atomic E-state index is -3.14. The second-order valence-corrected chi connectivity index (χ2v) is 11.3. The van der Waals surface area contributed by atoms with E-state index in [0.717, 1.165) is 53.0 Å². The first-order chi connectivity index (χ1) is 17.3. The first-order valence-electron chi connectivity index (χ1n) is 12.0. The molecule has 5 rings (SSSR count). The van der Waals surface area contributed by atoms with E-state index in [1.165, 1.54) is 11.8 Å². The summed E-state index contributed by atoms with van der Waals surface area (Å²) in [5.74, 6) is 0.932. The van der Waals surface area contributed by atoms with Gasteiger partial charge in [-0.25, -0.2) is 17.7 Å². The van der Waals surface area contributed by atoms with E-state index in [4.69, 9.17) is 4.98 Å². The van der Waals surface area contributed by atoms with Gasteiger partial charge in [-0.15, -0.1) is 0 Å². The predicted octanol–water partition coefficient (Wildman–Crippen LogP) is 4.15. The van der Waals surface area contributed by atoms with Crippen LogP contribution >= 0.6 is 0 Å². The van der Waals surface area contributed by atoms with Gasteiger partial charge in [0.2, 0.25) is 10.0 Å². The molecule has 2 aromatic heterocycles. The number of sulfonamides is 1. The standard InChI is InChI=1S/C27H29N5O3S/c1-18-4-3-5-23(29-18)24-16-21-10-13-28-25(17-33)26(21)27(31-24)30-22-8-6-19(7-9-22)20-11-14-32(15-12-20)36(2,34)35/h3-10,13,16-17,20,25,28H,11-12,14-15H2,1-2H3,(H,30,31). The van der Waals surface area contributed by atoms with Gasteiger partial charge in [-0.1, -0.05) is 18.2 Å². The quantitative estimate of drug-likeness (QED) is 0.487. The molecule has 0 spiro atoms. The largest absolute Gasteiger partial charge is 0.378 e. The Morgan fingerprint density at radius 3 is 2.47 bits per heavy atom. The summed E-state index contributed by atoms with van der Waals surface area (Å²) in [7, 11) is -3.14. The third-order valence-corrected chi connectivity index (χ3v) is 8.10. The van der Waals surface area contributed by atoms with E-state index in [0.29, 0.717) is 24.8 Å². The molecule has 4 heterocycles. The van der Waals surface area contributed by atoms with Crippen LogP contribution in [0.25, 0.3) is 17.5 Å². The molecule has 8 nitrogen and oxygen atoms in total. The highest BCUT2D eigenvalue weighted by atomic mass is 32.2. The number of aromatic nitrogens is 2. The number of piperidine rings is 1. The van der Waals surface area contributed by atoms with E-state index >= 15 is 0 Å². The number of fused-ring (bicyclic) bond motifs is 1. The topological polar surface area (TPSA) is 104 Å². The fourth-order valence-corrected chi connectivity index (χ4v) is 5.75. The predicted molar refractivity (Wildman–Crippen MR) is 141 cm³/mol. The van der Waals surface area contributed by atoms with Crippen LogP contribution in [-0.4, -0.2) is 48.3 Å². The van der Waals surface area contributed by atoms with Crippen LogP contribution in [0.5, 0.6) is 0 Å². The van der Waals surface area contributed by atoms with Gasteiger partial charge in [0.1, 0.15) is 18.1 Å². The number of carbonyl (C=O) groups is 1. The number of benzene rings is 1. The van der Waals surface area contributed by atoms with Crippen molar-refractivity contribution in [1.29, 1.82) is 0 Å². The average molecular weight is 504 g/mol. The van der Waals surface area contributed by atoms with Crippen molar-refractivity contribution >= 4 is 33.9 Å². The van der Waals surface area contributed by atoms with Crippen molar-refractivity contribution in [3.8, 4) is 11.4 Å². The number of pyridine rings is 2. The van der Waals surface area contributed by atoms with Gasteiger partial charge < -0.3 is 15.4 Å². The zero-order valence-corrected chi connectivity index (χ0v) is 21.1. The van der Waals surface area contributed by atoms with Crippen molar-refractivity contribution in [2.45, 2.75) is 31.7 Å². The zero-order valence-electron chi connectivity index (χ0n) is 20.3. The Morgan fingerprint density at radius 2 is 1.81 bits per heavy atom. The van der Waals surface area contributed by atoms with E-state index in [-0.39, 0.29) is 0 Å². The summed E-state index contributed by atoms with van der Waals surface area (Å²) < 4.78 is 25.2. The number of aldehydes is 1. The van der Waals surface area contributed by atoms with E-state index in [1.54, 1.807) is 10.5 Å². The van der Waals surface area contributed by atoms with Gasteiger partial charge in [0.15, 0.2) is 0 Å². The highest BCUT2D eigenvalue weighted by molar-refractivity contribution is 7.88. The van der Waals surface area contributed by atoms with Crippen molar-refractivity contribution in [1.82, 2.24) is 19.6 Å². The molecule has 1 unspecified atom stereocenters. The van der Waals surface area contributed by atoms with Gasteiger partial charge in [-0.3, -0.25) is 4.98 Å². The van der Waals surface area contributed by atoms with Crippen LogP contribution in [0.4, 0.5) is 11.5 Å². The molecule has 0 radical (unpaired) electrons. The van der Waals surface area contributed by atoms with E-state index in [9.17, 15) is 13.2 Å². The maximum Gasteiger partial charge on any atom is 0.211 e. The van der Waals surface area contributed by atoms with Gasteiger partial charge in [-0.2, -0.15) is 0 Å². The molecule has 2 N–H and O–H groups in total. The minimum Gasteiger partial charge on any atom is -0.378 e. The summed E-state index contributed by atoms with van der Waals surface area (Å²) in [5.41, 5.74) is 6.16. The number of nitrogens with one attached hydrogen (secondary N) is 2. The minimum absolute atomic E-state index is 0.326. The molecule has 0 bridgehead atoms. The summed E-state index contributed by atoms with van der Waals surface area (Å²) in [6, 6.07) is 15.5. The second-order valence-electron chi connectivity index (χ2n) is 9.32. The van der Waals surface area contributed by atoms with Gasteiger partial charge in [0, 0.05) is 30.0 Å². The van der Waals surface area contributed by atoms with Gasteiger partial charge >= 0.3 is 0 Å². The molecule has 36 heavy (non-hydrogen) atoms. The Balaban J connectivity index is 1.42. The van der Waals surface area contributed by atoms with Crippen molar-refractivity contribution < 1.29 is 13.2 Å². The lowest BCUT2D eigenvalue weighted by atomic mass is 9.90. The summed E-state index contributed by atoms with van der Waals surface area (Å²) in [6.07, 6.45) is 7.48. The number of hydrogen-bond acceptors (Lipinski definition) is 7. The Hall–Kier alpha value is -3.56. The smallest absolute Gasteiger partial charge is 0.211 e. The van der Waals surface area contributed by atoms with Gasteiger partial charge in [-0.05, 0) is 79.4 Å². The van der Waals surface area contributed by atoms with Crippen LogP contribution in [0, 0.1) is 6.92 Å². The molecule has 1 saturated heterocycles. The molecule has 186 valence electrons.